The van der Waals surface area contributed by atoms with Gasteiger partial charge in [0, 0.05) is 6.04 Å². The van der Waals surface area contributed by atoms with Crippen LogP contribution in [0.4, 0.5) is 0 Å². The van der Waals surface area contributed by atoms with Gasteiger partial charge < -0.3 is 5.32 Å². The van der Waals surface area contributed by atoms with E-state index in [9.17, 15) is 0 Å². The Morgan fingerprint density at radius 1 is 1.35 bits per heavy atom. The molecule has 2 heteroatoms. The lowest BCUT2D eigenvalue weighted by molar-refractivity contribution is 0.120. The first kappa shape index (κ1) is 13.7. The molecule has 100 valence electrons. The van der Waals surface area contributed by atoms with Gasteiger partial charge in [0.15, 0.2) is 0 Å². The van der Waals surface area contributed by atoms with Crippen LogP contribution in [0.15, 0.2) is 0 Å². The number of fused-ring (bicyclic) bond motifs is 2. The largest absolute Gasteiger partial charge is 0.313 e. The van der Waals surface area contributed by atoms with E-state index in [-0.39, 0.29) is 0 Å². The fourth-order valence-electron chi connectivity index (χ4n) is 4.20. The number of hydrogen-bond acceptors (Lipinski definition) is 2. The minimum Gasteiger partial charge on any atom is -0.313 e. The van der Waals surface area contributed by atoms with Crippen molar-refractivity contribution < 1.29 is 0 Å². The summed E-state index contributed by atoms with van der Waals surface area (Å²) in [6, 6.07) is 0.764. The summed E-state index contributed by atoms with van der Waals surface area (Å²) in [6.07, 6.45) is 6.51. The van der Waals surface area contributed by atoms with Crippen molar-refractivity contribution in [3.05, 3.63) is 0 Å². The van der Waals surface area contributed by atoms with E-state index in [4.69, 9.17) is 0 Å². The van der Waals surface area contributed by atoms with E-state index in [1.54, 1.807) is 0 Å². The molecule has 0 aliphatic heterocycles. The maximum Gasteiger partial charge on any atom is 0.0129 e. The smallest absolute Gasteiger partial charge is 0.0129 e. The van der Waals surface area contributed by atoms with E-state index < -0.39 is 0 Å². The van der Waals surface area contributed by atoms with E-state index in [0.717, 1.165) is 17.9 Å². The van der Waals surface area contributed by atoms with E-state index in [1.807, 2.05) is 11.8 Å². The van der Waals surface area contributed by atoms with Gasteiger partial charge in [-0.1, -0.05) is 27.7 Å². The fourth-order valence-corrected chi connectivity index (χ4v) is 4.89. The molecule has 2 aliphatic rings. The zero-order valence-electron chi connectivity index (χ0n) is 12.2. The Bertz CT molecular complexity index is 276. The molecule has 2 bridgehead atoms. The molecule has 0 amide bonds. The lowest BCUT2D eigenvalue weighted by Crippen LogP contribution is -2.45. The molecule has 0 aromatic rings. The maximum absolute atomic E-state index is 3.88. The van der Waals surface area contributed by atoms with Gasteiger partial charge in [-0.2, -0.15) is 11.8 Å². The van der Waals surface area contributed by atoms with Crippen LogP contribution in [0.2, 0.25) is 0 Å². The van der Waals surface area contributed by atoms with Gasteiger partial charge in [0.25, 0.3) is 0 Å². The Morgan fingerprint density at radius 2 is 2.06 bits per heavy atom. The predicted octanol–water partition coefficient (Wildman–Crippen LogP) is 3.79. The Balaban J connectivity index is 1.92. The van der Waals surface area contributed by atoms with Crippen molar-refractivity contribution in [2.75, 3.05) is 18.6 Å². The first-order chi connectivity index (χ1) is 7.91. The van der Waals surface area contributed by atoms with E-state index in [0.29, 0.717) is 10.8 Å². The number of nitrogens with one attached hydrogen (secondary N) is 1. The van der Waals surface area contributed by atoms with Crippen LogP contribution in [-0.4, -0.2) is 24.6 Å². The molecule has 0 heterocycles. The zero-order valence-corrected chi connectivity index (χ0v) is 13.0. The third-order valence-electron chi connectivity index (χ3n) is 5.96. The molecular formula is C15H29NS. The van der Waals surface area contributed by atoms with Crippen LogP contribution in [0.25, 0.3) is 0 Å². The second-order valence-electron chi connectivity index (χ2n) is 7.13. The average Bonchev–Trinajstić information content (AvgIpc) is 2.59. The van der Waals surface area contributed by atoms with Gasteiger partial charge in [-0.25, -0.2) is 0 Å². The molecule has 0 spiro atoms. The fraction of sp³-hybridized carbons (Fsp3) is 1.00. The van der Waals surface area contributed by atoms with Gasteiger partial charge in [0.1, 0.15) is 0 Å². The molecule has 1 nitrogen and oxygen atoms in total. The first-order valence-electron chi connectivity index (χ1n) is 7.14. The van der Waals surface area contributed by atoms with Gasteiger partial charge in [0.05, 0.1) is 0 Å². The normalized spacial score (nSPS) is 40.8. The summed E-state index contributed by atoms with van der Waals surface area (Å²) in [5.41, 5.74) is 1.09. The molecule has 1 N–H and O–H groups in total. The SMILES string of the molecule is CSCC(C)CNC1CC2CCC1(C)C2(C)C. The number of rotatable bonds is 5. The molecule has 2 rings (SSSR count). The Hall–Kier alpha value is 0.310. The van der Waals surface area contributed by atoms with Crippen molar-refractivity contribution in [2.45, 2.75) is 53.0 Å². The monoisotopic (exact) mass is 255 g/mol. The maximum atomic E-state index is 3.88. The van der Waals surface area contributed by atoms with Crippen molar-refractivity contribution in [1.29, 1.82) is 0 Å². The Kier molecular flexibility index (Phi) is 3.85. The third kappa shape index (κ3) is 2.16. The molecule has 0 radical (unpaired) electrons. The molecule has 2 saturated carbocycles. The van der Waals surface area contributed by atoms with Crippen molar-refractivity contribution in [3.8, 4) is 0 Å². The summed E-state index contributed by atoms with van der Waals surface area (Å²) in [6.45, 7) is 11.1. The highest BCUT2D eigenvalue weighted by Gasteiger charge is 2.60. The molecule has 2 fully saturated rings. The Morgan fingerprint density at radius 3 is 2.53 bits per heavy atom. The standard InChI is InChI=1S/C15H29NS/c1-11(10-17-5)9-16-13-8-12-6-7-15(13,4)14(12,2)3/h11-13,16H,6-10H2,1-5H3. The van der Waals surface area contributed by atoms with Crippen LogP contribution >= 0.6 is 11.8 Å². The van der Waals surface area contributed by atoms with Gasteiger partial charge in [0.2, 0.25) is 0 Å². The summed E-state index contributed by atoms with van der Waals surface area (Å²) in [4.78, 5) is 0. The van der Waals surface area contributed by atoms with Crippen LogP contribution < -0.4 is 5.32 Å². The summed E-state index contributed by atoms with van der Waals surface area (Å²) in [5.74, 6) is 3.04. The van der Waals surface area contributed by atoms with Crippen LogP contribution in [0, 0.1) is 22.7 Å². The lowest BCUT2D eigenvalue weighted by atomic mass is 9.69. The van der Waals surface area contributed by atoms with E-state index in [1.165, 1.54) is 31.6 Å². The quantitative estimate of drug-likeness (QED) is 0.802. The van der Waals surface area contributed by atoms with E-state index in [2.05, 4.69) is 39.3 Å². The van der Waals surface area contributed by atoms with Crippen LogP contribution in [0.1, 0.15) is 47.0 Å². The second-order valence-corrected chi connectivity index (χ2v) is 8.04. The van der Waals surface area contributed by atoms with Crippen LogP contribution in [0.3, 0.4) is 0 Å². The minimum absolute atomic E-state index is 0.538. The summed E-state index contributed by atoms with van der Waals surface area (Å²) in [7, 11) is 0. The van der Waals surface area contributed by atoms with E-state index >= 15 is 0 Å². The predicted molar refractivity (Wildman–Crippen MR) is 78.6 cm³/mol. The zero-order chi connectivity index (χ0) is 12.7. The molecule has 0 aromatic heterocycles. The van der Waals surface area contributed by atoms with Gasteiger partial charge in [-0.15, -0.1) is 0 Å². The highest BCUT2D eigenvalue weighted by molar-refractivity contribution is 7.98. The second kappa shape index (κ2) is 4.77. The average molecular weight is 255 g/mol. The molecule has 0 saturated heterocycles. The number of thioether (sulfide) groups is 1. The summed E-state index contributed by atoms with van der Waals surface area (Å²) >= 11 is 1.97. The minimum atomic E-state index is 0.538. The number of hydrogen-bond donors (Lipinski definition) is 1. The van der Waals surface area contributed by atoms with Crippen LogP contribution in [0.5, 0.6) is 0 Å². The Labute approximate surface area is 112 Å². The molecule has 2 aliphatic carbocycles. The topological polar surface area (TPSA) is 12.0 Å². The molecule has 4 unspecified atom stereocenters. The van der Waals surface area contributed by atoms with Gasteiger partial charge in [-0.05, 0) is 60.5 Å². The van der Waals surface area contributed by atoms with Crippen molar-refractivity contribution >= 4 is 11.8 Å². The van der Waals surface area contributed by atoms with Gasteiger partial charge in [-0.3, -0.25) is 0 Å². The van der Waals surface area contributed by atoms with Crippen molar-refractivity contribution in [1.82, 2.24) is 5.32 Å². The molecule has 17 heavy (non-hydrogen) atoms. The first-order valence-corrected chi connectivity index (χ1v) is 8.53. The summed E-state index contributed by atoms with van der Waals surface area (Å²) < 4.78 is 0. The van der Waals surface area contributed by atoms with Crippen molar-refractivity contribution in [2.24, 2.45) is 22.7 Å². The molecule has 4 atom stereocenters. The molecule has 0 aromatic carbocycles. The third-order valence-corrected chi connectivity index (χ3v) is 6.86. The van der Waals surface area contributed by atoms with Gasteiger partial charge >= 0.3 is 0 Å². The molecular weight excluding hydrogens is 226 g/mol. The highest BCUT2D eigenvalue weighted by atomic mass is 32.2. The van der Waals surface area contributed by atoms with Crippen LogP contribution in [-0.2, 0) is 0 Å². The lowest BCUT2D eigenvalue weighted by Gasteiger charge is -2.40. The summed E-state index contributed by atoms with van der Waals surface area (Å²) in [5, 5.41) is 3.88. The highest BCUT2D eigenvalue weighted by Crippen LogP contribution is 2.65. The van der Waals surface area contributed by atoms with Crippen molar-refractivity contribution in [3.63, 3.8) is 0 Å².